The maximum atomic E-state index is 12.0. The molecule has 8 heteroatoms. The molecule has 2 unspecified atom stereocenters. The zero-order valence-electron chi connectivity index (χ0n) is 18.4. The quantitative estimate of drug-likeness (QED) is 0.734. The maximum Gasteiger partial charge on any atom is 0.407 e. The summed E-state index contributed by atoms with van der Waals surface area (Å²) in [5.41, 5.74) is 6.74. The molecule has 0 spiro atoms. The number of alkyl carbamates (subject to hydrolysis) is 1. The number of rotatable bonds is 6. The molecule has 1 saturated carbocycles. The lowest BCUT2D eigenvalue weighted by atomic mass is 10.1. The number of nitrogens with two attached hydrogens (primary N) is 1. The second kappa shape index (κ2) is 8.34. The van der Waals surface area contributed by atoms with Gasteiger partial charge in [-0.3, -0.25) is 4.57 Å². The van der Waals surface area contributed by atoms with E-state index >= 15 is 0 Å². The third kappa shape index (κ3) is 5.25. The molecule has 2 aromatic rings. The first kappa shape index (κ1) is 21.4. The number of piperidine rings is 1. The second-order valence-corrected chi connectivity index (χ2v) is 9.56. The average Bonchev–Trinajstić information content (AvgIpc) is 3.14. The van der Waals surface area contributed by atoms with Crippen molar-refractivity contribution in [1.29, 1.82) is 0 Å². The summed E-state index contributed by atoms with van der Waals surface area (Å²) >= 11 is 0. The fourth-order valence-electron chi connectivity index (χ4n) is 4.46. The van der Waals surface area contributed by atoms with Gasteiger partial charge in [0.25, 0.3) is 0 Å². The topological polar surface area (TPSA) is 102 Å². The van der Waals surface area contributed by atoms with Crippen LogP contribution in [-0.4, -0.2) is 52.3 Å². The molecule has 1 amide bonds. The molecule has 2 aliphatic rings. The minimum absolute atomic E-state index is 0.226. The summed E-state index contributed by atoms with van der Waals surface area (Å²) < 4.78 is 6.79. The van der Waals surface area contributed by atoms with Crippen LogP contribution in [0, 0.1) is 17.8 Å². The number of carbonyl (C=O) groups excluding carboxylic acids is 1. The van der Waals surface area contributed by atoms with Crippen molar-refractivity contribution >= 4 is 11.9 Å². The molecule has 3 N–H and O–H groups in total. The molecule has 1 aliphatic heterocycles. The normalized spacial score (nSPS) is 22.7. The number of anilines is 1. The van der Waals surface area contributed by atoms with Crippen molar-refractivity contribution in [2.75, 3.05) is 31.9 Å². The van der Waals surface area contributed by atoms with E-state index in [0.717, 1.165) is 31.7 Å². The van der Waals surface area contributed by atoms with Crippen LogP contribution in [0.25, 0.3) is 5.69 Å². The second-order valence-electron chi connectivity index (χ2n) is 9.56. The molecule has 1 aromatic carbocycles. The van der Waals surface area contributed by atoms with Crippen LogP contribution in [0.5, 0.6) is 0 Å². The Morgan fingerprint density at radius 1 is 1.19 bits per heavy atom. The number of aromatic nitrogens is 2. The fraction of sp³-hybridized carbons (Fsp3) is 0.522. The smallest absolute Gasteiger partial charge is 0.407 e. The molecule has 2 heterocycles. The van der Waals surface area contributed by atoms with E-state index in [1.54, 1.807) is 12.3 Å². The van der Waals surface area contributed by atoms with Crippen molar-refractivity contribution in [3.05, 3.63) is 52.6 Å². The van der Waals surface area contributed by atoms with Crippen LogP contribution >= 0.6 is 0 Å². The lowest BCUT2D eigenvalue weighted by Crippen LogP contribution is -2.35. The van der Waals surface area contributed by atoms with Crippen molar-refractivity contribution in [3.8, 4) is 5.69 Å². The van der Waals surface area contributed by atoms with Gasteiger partial charge < -0.3 is 20.7 Å². The van der Waals surface area contributed by atoms with Crippen LogP contribution in [0.2, 0.25) is 0 Å². The highest BCUT2D eigenvalue weighted by Gasteiger charge is 2.55. The van der Waals surface area contributed by atoms with E-state index in [9.17, 15) is 9.59 Å². The van der Waals surface area contributed by atoms with Gasteiger partial charge in [0.15, 0.2) is 0 Å². The molecule has 0 bridgehead atoms. The van der Waals surface area contributed by atoms with Crippen LogP contribution in [-0.2, 0) is 11.2 Å². The molecule has 2 atom stereocenters. The Bertz CT molecular complexity index is 984. The lowest BCUT2D eigenvalue weighted by molar-refractivity contribution is 0.0522. The molecule has 166 valence electrons. The number of hydrogen-bond donors (Lipinski definition) is 2. The first-order valence-electron chi connectivity index (χ1n) is 10.8. The third-order valence-corrected chi connectivity index (χ3v) is 6.08. The first-order chi connectivity index (χ1) is 14.7. The van der Waals surface area contributed by atoms with E-state index < -0.39 is 5.60 Å². The molecular weight excluding hydrogens is 394 g/mol. The molecular formula is C23H31N5O3. The number of carbonyl (C=O) groups is 1. The van der Waals surface area contributed by atoms with Gasteiger partial charge in [-0.25, -0.2) is 9.59 Å². The Hall–Kier alpha value is -2.87. The number of likely N-dealkylation sites (tertiary alicyclic amines) is 1. The van der Waals surface area contributed by atoms with Gasteiger partial charge in [0.1, 0.15) is 11.4 Å². The highest BCUT2D eigenvalue weighted by molar-refractivity contribution is 5.67. The minimum atomic E-state index is -0.458. The average molecular weight is 426 g/mol. The predicted molar refractivity (Wildman–Crippen MR) is 119 cm³/mol. The number of ether oxygens (including phenoxy) is 1. The number of amides is 1. The minimum Gasteiger partial charge on any atom is -0.444 e. The van der Waals surface area contributed by atoms with E-state index in [0.29, 0.717) is 24.3 Å². The molecule has 1 aromatic heterocycles. The number of nitrogen functional groups attached to an aromatic ring is 1. The van der Waals surface area contributed by atoms with Crippen LogP contribution in [0.15, 0.2) is 41.3 Å². The summed E-state index contributed by atoms with van der Waals surface area (Å²) in [4.78, 5) is 30.0. The Morgan fingerprint density at radius 3 is 2.48 bits per heavy atom. The Labute approximate surface area is 182 Å². The highest BCUT2D eigenvalue weighted by atomic mass is 16.6. The molecule has 1 aliphatic carbocycles. The van der Waals surface area contributed by atoms with E-state index in [-0.39, 0.29) is 17.6 Å². The van der Waals surface area contributed by atoms with Crippen LogP contribution in [0.3, 0.4) is 0 Å². The van der Waals surface area contributed by atoms with Crippen molar-refractivity contribution in [2.24, 2.45) is 17.8 Å². The summed E-state index contributed by atoms with van der Waals surface area (Å²) in [6.45, 7) is 9.53. The number of nitrogens with one attached hydrogen (secondary N) is 1. The van der Waals surface area contributed by atoms with Crippen LogP contribution in [0.1, 0.15) is 26.3 Å². The van der Waals surface area contributed by atoms with Gasteiger partial charge in [-0.05, 0) is 68.7 Å². The Morgan fingerprint density at radius 2 is 1.87 bits per heavy atom. The van der Waals surface area contributed by atoms with Crippen LogP contribution < -0.4 is 16.7 Å². The van der Waals surface area contributed by atoms with Gasteiger partial charge in [0, 0.05) is 32.4 Å². The molecule has 0 radical (unpaired) electrons. The Balaban J connectivity index is 1.20. The largest absolute Gasteiger partial charge is 0.444 e. The number of benzene rings is 1. The lowest BCUT2D eigenvalue weighted by Gasteiger charge is -2.21. The molecule has 4 rings (SSSR count). The zero-order valence-corrected chi connectivity index (χ0v) is 18.4. The van der Waals surface area contributed by atoms with E-state index in [1.807, 2.05) is 32.9 Å². The summed E-state index contributed by atoms with van der Waals surface area (Å²) in [5, 5.41) is 2.91. The monoisotopic (exact) mass is 425 g/mol. The SMILES string of the molecule is CC(C)(C)OC(=O)NCC1C2CN(CCc3ccc(-n4ccc(N)nc4=O)cc3)CC12. The van der Waals surface area contributed by atoms with E-state index in [2.05, 4.69) is 27.3 Å². The van der Waals surface area contributed by atoms with Gasteiger partial charge >= 0.3 is 11.8 Å². The third-order valence-electron chi connectivity index (χ3n) is 6.08. The first-order valence-corrected chi connectivity index (χ1v) is 10.8. The van der Waals surface area contributed by atoms with Crippen molar-refractivity contribution in [1.82, 2.24) is 19.8 Å². The highest BCUT2D eigenvalue weighted by Crippen LogP contribution is 2.51. The maximum absolute atomic E-state index is 12.0. The fourth-order valence-corrected chi connectivity index (χ4v) is 4.46. The van der Waals surface area contributed by atoms with Gasteiger partial charge in [0.2, 0.25) is 0 Å². The summed E-state index contributed by atoms with van der Waals surface area (Å²) in [6, 6.07) is 9.61. The summed E-state index contributed by atoms with van der Waals surface area (Å²) in [7, 11) is 0. The number of fused-ring (bicyclic) bond motifs is 1. The zero-order chi connectivity index (χ0) is 22.2. The van der Waals surface area contributed by atoms with Crippen molar-refractivity contribution < 1.29 is 9.53 Å². The van der Waals surface area contributed by atoms with Gasteiger partial charge in [-0.2, -0.15) is 4.98 Å². The molecule has 8 nitrogen and oxygen atoms in total. The standard InChI is InChI=1S/C23H31N5O3/c1-23(2,3)31-22(30)25-12-17-18-13-27(14-19(17)18)10-8-15-4-6-16(7-5-15)28-11-9-20(24)26-21(28)29/h4-7,9,11,17-19H,8,10,12-14H2,1-3H3,(H,25,30)(H2,24,26,29). The van der Waals surface area contributed by atoms with Crippen molar-refractivity contribution in [2.45, 2.75) is 32.8 Å². The van der Waals surface area contributed by atoms with Gasteiger partial charge in [0.05, 0.1) is 5.69 Å². The van der Waals surface area contributed by atoms with Crippen LogP contribution in [0.4, 0.5) is 10.6 Å². The molecule has 31 heavy (non-hydrogen) atoms. The number of nitrogens with zero attached hydrogens (tertiary/aromatic N) is 3. The van der Waals surface area contributed by atoms with Crippen molar-refractivity contribution in [3.63, 3.8) is 0 Å². The van der Waals surface area contributed by atoms with E-state index in [1.165, 1.54) is 10.1 Å². The van der Waals surface area contributed by atoms with Gasteiger partial charge in [-0.1, -0.05) is 12.1 Å². The molecule has 1 saturated heterocycles. The summed E-state index contributed by atoms with van der Waals surface area (Å²) in [5.74, 6) is 2.17. The van der Waals surface area contributed by atoms with E-state index in [4.69, 9.17) is 10.5 Å². The Kier molecular flexibility index (Phi) is 5.75. The predicted octanol–water partition coefficient (Wildman–Crippen LogP) is 2.06. The van der Waals surface area contributed by atoms with Gasteiger partial charge in [-0.15, -0.1) is 0 Å². The number of hydrogen-bond acceptors (Lipinski definition) is 6. The summed E-state index contributed by atoms with van der Waals surface area (Å²) in [6.07, 6.45) is 2.29. The molecule has 2 fully saturated rings.